The van der Waals surface area contributed by atoms with E-state index < -0.39 is 18.2 Å². The van der Waals surface area contributed by atoms with Gasteiger partial charge in [0.05, 0.1) is 24.1 Å². The Morgan fingerprint density at radius 2 is 1.86 bits per heavy atom. The van der Waals surface area contributed by atoms with Crippen LogP contribution in [0.15, 0.2) is 46.9 Å². The molecule has 3 aromatic rings. The predicted molar refractivity (Wildman–Crippen MR) is 157 cm³/mol. The monoisotopic (exact) mass is 616 g/mol. The molecule has 1 aliphatic rings. The van der Waals surface area contributed by atoms with Gasteiger partial charge in [-0.25, -0.2) is 4.98 Å². The summed E-state index contributed by atoms with van der Waals surface area (Å²) in [6, 6.07) is 6.77. The van der Waals surface area contributed by atoms with E-state index >= 15 is 0 Å². The predicted octanol–water partition coefficient (Wildman–Crippen LogP) is 4.73. The van der Waals surface area contributed by atoms with E-state index in [2.05, 4.69) is 51.5 Å². The highest BCUT2D eigenvalue weighted by Gasteiger charge is 2.31. The van der Waals surface area contributed by atoms with Crippen LogP contribution in [-0.2, 0) is 4.79 Å². The van der Waals surface area contributed by atoms with Gasteiger partial charge in [0.1, 0.15) is 35.0 Å². The van der Waals surface area contributed by atoms with Gasteiger partial charge in [-0.2, -0.15) is 10.4 Å². The molecule has 1 aliphatic heterocycles. The topological polar surface area (TPSA) is 164 Å². The molecule has 0 aliphatic carbocycles. The van der Waals surface area contributed by atoms with Gasteiger partial charge < -0.3 is 20.4 Å². The summed E-state index contributed by atoms with van der Waals surface area (Å²) in [5.41, 5.74) is 2.70. The Balaban J connectivity index is 0.00000169. The summed E-state index contributed by atoms with van der Waals surface area (Å²) in [7, 11) is 0. The number of nitriles is 1. The number of imidazole rings is 1. The lowest BCUT2D eigenvalue weighted by Gasteiger charge is -2.40. The maximum absolute atomic E-state index is 12.7. The fraction of sp³-hybridized carbons (Fsp3) is 0.448. The van der Waals surface area contributed by atoms with Crippen molar-refractivity contribution in [2.24, 2.45) is 15.9 Å². The molecule has 0 spiro atoms. The number of aliphatic imine (C=N–C) groups is 1. The van der Waals surface area contributed by atoms with Gasteiger partial charge in [-0.1, -0.05) is 0 Å². The molecule has 1 unspecified atom stereocenters. The minimum absolute atomic E-state index is 0.103. The first-order valence-electron chi connectivity index (χ1n) is 13.7. The highest BCUT2D eigenvalue weighted by molar-refractivity contribution is 6.47. The average Bonchev–Trinajstić information content (AvgIpc) is 3.36. The number of pyridine rings is 2. The number of carboxylic acid groups (broad SMARTS) is 1. The second-order valence-electron chi connectivity index (χ2n) is 11.0. The van der Waals surface area contributed by atoms with Crippen molar-refractivity contribution in [2.45, 2.75) is 71.5 Å². The molecule has 1 fully saturated rings. The maximum atomic E-state index is 12.7. The van der Waals surface area contributed by atoms with Gasteiger partial charge in [0.15, 0.2) is 0 Å². The van der Waals surface area contributed by atoms with E-state index in [1.165, 1.54) is 22.9 Å². The highest BCUT2D eigenvalue weighted by atomic mass is 19.4. The number of likely N-dealkylation sites (tertiary alicyclic amines) is 1. The van der Waals surface area contributed by atoms with Crippen LogP contribution in [0.3, 0.4) is 0 Å². The molecule has 44 heavy (non-hydrogen) atoms. The van der Waals surface area contributed by atoms with Gasteiger partial charge >= 0.3 is 6.36 Å². The van der Waals surface area contributed by atoms with E-state index in [1.807, 2.05) is 6.92 Å². The molecule has 4 heterocycles. The summed E-state index contributed by atoms with van der Waals surface area (Å²) in [5, 5.41) is 20.6. The zero-order valence-electron chi connectivity index (χ0n) is 25.0. The standard InChI is InChI=1S/C28H33F3N8O2.CH2O2/c1-17(36-21-6-8-38(9-7-21)27(3,4)5)26(37-33)19-11-24-35-15-22(13-32)39(24)25(12-19)40-18(2)20-10-23(16-34-14-20)41-28(29,30)31;2-1-3/h10-12,14-16,18,21H,6-9,33H2,1-5H3;1H,(H,2,3)/b36-17?,37-26+;. The van der Waals surface area contributed by atoms with Crippen molar-refractivity contribution in [3.63, 3.8) is 0 Å². The van der Waals surface area contributed by atoms with Crippen molar-refractivity contribution >= 4 is 23.5 Å². The zero-order chi connectivity index (χ0) is 32.7. The quantitative estimate of drug-likeness (QED) is 0.165. The van der Waals surface area contributed by atoms with E-state index in [9.17, 15) is 18.4 Å². The van der Waals surface area contributed by atoms with Crippen LogP contribution in [0, 0.1) is 11.3 Å². The normalized spacial score (nSPS) is 16.1. The van der Waals surface area contributed by atoms with Crippen LogP contribution >= 0.6 is 0 Å². The van der Waals surface area contributed by atoms with Gasteiger partial charge in [0.2, 0.25) is 5.88 Å². The van der Waals surface area contributed by atoms with Crippen LogP contribution in [0.5, 0.6) is 11.6 Å². The fourth-order valence-corrected chi connectivity index (χ4v) is 4.85. The van der Waals surface area contributed by atoms with Crippen LogP contribution in [0.25, 0.3) is 5.65 Å². The summed E-state index contributed by atoms with van der Waals surface area (Å²) >= 11 is 0. The Bertz CT molecular complexity index is 1550. The van der Waals surface area contributed by atoms with Crippen molar-refractivity contribution in [1.82, 2.24) is 19.3 Å². The van der Waals surface area contributed by atoms with E-state index in [-0.39, 0.29) is 29.6 Å². The van der Waals surface area contributed by atoms with Crippen molar-refractivity contribution in [1.29, 1.82) is 5.26 Å². The molecule has 0 bridgehead atoms. The molecule has 12 nitrogen and oxygen atoms in total. The van der Waals surface area contributed by atoms with Crippen molar-refractivity contribution in [3.05, 3.63) is 53.6 Å². The summed E-state index contributed by atoms with van der Waals surface area (Å²) in [6.07, 6.45) is -0.0623. The number of hydrogen-bond acceptors (Lipinski definition) is 10. The Kier molecular flexibility index (Phi) is 10.9. The molecule has 0 amide bonds. The average molecular weight is 617 g/mol. The fourth-order valence-electron chi connectivity index (χ4n) is 4.85. The number of hydrazone groups is 1. The molecule has 3 aromatic heterocycles. The Hall–Kier alpha value is -4.71. The SMILES string of the molecule is CC(=NC1CCN(C(C)(C)C)CC1)/C(=N\N)c1cc(OC(C)c2cncc(OC(F)(F)F)c2)n2c(C#N)cnc2c1.O=CO. The highest BCUT2D eigenvalue weighted by Crippen LogP contribution is 2.29. The lowest BCUT2D eigenvalue weighted by atomic mass is 9.98. The van der Waals surface area contributed by atoms with Gasteiger partial charge in [-0.05, 0) is 59.6 Å². The number of alkyl halides is 3. The smallest absolute Gasteiger partial charge is 0.483 e. The molecule has 1 saturated heterocycles. The number of aromatic nitrogens is 3. The summed E-state index contributed by atoms with van der Waals surface area (Å²) in [5.74, 6) is 5.59. The summed E-state index contributed by atoms with van der Waals surface area (Å²) in [4.78, 5) is 23.9. The lowest BCUT2D eigenvalue weighted by Crippen LogP contribution is -2.47. The van der Waals surface area contributed by atoms with Gasteiger partial charge in [-0.3, -0.25) is 24.1 Å². The number of ether oxygens (including phenoxy) is 2. The molecule has 0 aromatic carbocycles. The molecule has 0 radical (unpaired) electrons. The van der Waals surface area contributed by atoms with Crippen molar-refractivity contribution < 1.29 is 32.5 Å². The minimum atomic E-state index is -4.86. The number of fused-ring (bicyclic) bond motifs is 1. The molecular weight excluding hydrogens is 581 g/mol. The number of nitrogens with zero attached hydrogens (tertiary/aromatic N) is 7. The molecule has 3 N–H and O–H groups in total. The third-order valence-corrected chi connectivity index (χ3v) is 6.96. The number of rotatable bonds is 7. The van der Waals surface area contributed by atoms with Crippen LogP contribution < -0.4 is 15.3 Å². The Morgan fingerprint density at radius 3 is 2.43 bits per heavy atom. The molecule has 15 heteroatoms. The van der Waals surface area contributed by atoms with E-state index in [0.717, 1.165) is 32.1 Å². The number of halogens is 3. The van der Waals surface area contributed by atoms with Crippen molar-refractivity contribution in [3.8, 4) is 17.7 Å². The van der Waals surface area contributed by atoms with Gasteiger partial charge in [0, 0.05) is 42.0 Å². The Labute approximate surface area is 252 Å². The van der Waals surface area contributed by atoms with E-state index in [1.54, 1.807) is 19.1 Å². The van der Waals surface area contributed by atoms with E-state index in [4.69, 9.17) is 25.5 Å². The lowest BCUT2D eigenvalue weighted by molar-refractivity contribution is -0.274. The molecule has 4 rings (SSSR count). The van der Waals surface area contributed by atoms with Gasteiger partial charge in [-0.15, -0.1) is 13.2 Å². The molecule has 236 valence electrons. The number of carbonyl (C=O) groups is 1. The zero-order valence-corrected chi connectivity index (χ0v) is 25.0. The van der Waals surface area contributed by atoms with Crippen LogP contribution in [0.4, 0.5) is 13.2 Å². The Morgan fingerprint density at radius 1 is 1.20 bits per heavy atom. The van der Waals surface area contributed by atoms with Crippen LogP contribution in [0.2, 0.25) is 0 Å². The van der Waals surface area contributed by atoms with Crippen LogP contribution in [0.1, 0.15) is 70.4 Å². The van der Waals surface area contributed by atoms with Crippen LogP contribution in [-0.4, -0.2) is 73.3 Å². The molecule has 1 atom stereocenters. The number of hydrogen-bond donors (Lipinski definition) is 2. The number of nitrogens with two attached hydrogens (primary N) is 1. The number of piperidine rings is 1. The minimum Gasteiger partial charge on any atom is -0.483 e. The largest absolute Gasteiger partial charge is 0.573 e. The summed E-state index contributed by atoms with van der Waals surface area (Å²) in [6.45, 7) is 11.7. The van der Waals surface area contributed by atoms with Gasteiger partial charge in [0.25, 0.3) is 6.47 Å². The molecule has 0 saturated carbocycles. The first kappa shape index (κ1) is 33.8. The van der Waals surface area contributed by atoms with E-state index in [0.29, 0.717) is 28.2 Å². The first-order chi connectivity index (χ1) is 20.7. The third kappa shape index (κ3) is 8.66. The van der Waals surface area contributed by atoms with Crippen molar-refractivity contribution in [2.75, 3.05) is 13.1 Å². The first-order valence-corrected chi connectivity index (χ1v) is 13.7. The second-order valence-corrected chi connectivity index (χ2v) is 11.0. The second kappa shape index (κ2) is 14.2. The third-order valence-electron chi connectivity index (χ3n) is 6.96. The molecular formula is C29H35F3N8O4. The maximum Gasteiger partial charge on any atom is 0.573 e. The summed E-state index contributed by atoms with van der Waals surface area (Å²) < 4.78 is 49.8.